The zero-order chi connectivity index (χ0) is 14.7. The first-order chi connectivity index (χ1) is 10.3. The van der Waals surface area contributed by atoms with Crippen molar-refractivity contribution >= 4 is 17.3 Å². The monoisotopic (exact) mass is 306 g/mol. The smallest absolute Gasteiger partial charge is 0.0642 e. The molecule has 1 saturated heterocycles. The van der Waals surface area contributed by atoms with Crippen LogP contribution in [0.4, 0.5) is 5.69 Å². The standard InChI is InChI=1S/C18H27ClN2/c1-2-10-20-13-14-8-9-18(16(19)12-14)21-11-4-6-15-5-3-7-17(15)21/h8-9,12,15,17,20H,2-7,10-11,13H2,1H3. The Kier molecular flexibility index (Phi) is 5.07. The van der Waals surface area contributed by atoms with Crippen molar-refractivity contribution in [1.29, 1.82) is 0 Å². The average Bonchev–Trinajstić information content (AvgIpc) is 2.96. The number of benzene rings is 1. The van der Waals surface area contributed by atoms with Gasteiger partial charge in [-0.2, -0.15) is 0 Å². The largest absolute Gasteiger partial charge is 0.367 e. The number of nitrogens with zero attached hydrogens (tertiary/aromatic N) is 1. The SMILES string of the molecule is CCCNCc1ccc(N2CCCC3CCCC32)c(Cl)c1. The Balaban J connectivity index is 1.72. The number of piperidine rings is 1. The molecule has 0 aromatic heterocycles. The van der Waals surface area contributed by atoms with Gasteiger partial charge in [0.2, 0.25) is 0 Å². The van der Waals surface area contributed by atoms with Crippen LogP contribution >= 0.6 is 11.6 Å². The molecule has 2 aliphatic rings. The molecule has 2 fully saturated rings. The lowest BCUT2D eigenvalue weighted by atomic mass is 9.91. The van der Waals surface area contributed by atoms with Crippen molar-refractivity contribution in [3.8, 4) is 0 Å². The molecule has 3 rings (SSSR count). The zero-order valence-electron chi connectivity index (χ0n) is 13.1. The van der Waals surface area contributed by atoms with Gasteiger partial charge in [0.1, 0.15) is 0 Å². The van der Waals surface area contributed by atoms with E-state index in [0.29, 0.717) is 0 Å². The zero-order valence-corrected chi connectivity index (χ0v) is 13.8. The number of hydrogen-bond donors (Lipinski definition) is 1. The Morgan fingerprint density at radius 3 is 2.90 bits per heavy atom. The molecule has 2 unspecified atom stereocenters. The molecule has 0 bridgehead atoms. The van der Waals surface area contributed by atoms with Crippen LogP contribution in [0.2, 0.25) is 5.02 Å². The quantitative estimate of drug-likeness (QED) is 0.799. The molecular weight excluding hydrogens is 280 g/mol. The molecule has 1 aliphatic carbocycles. The van der Waals surface area contributed by atoms with Gasteiger partial charge in [-0.05, 0) is 62.3 Å². The second-order valence-electron chi connectivity index (χ2n) is 6.56. The fraction of sp³-hybridized carbons (Fsp3) is 0.667. The Hall–Kier alpha value is -0.730. The van der Waals surface area contributed by atoms with Gasteiger partial charge in [0.25, 0.3) is 0 Å². The second-order valence-corrected chi connectivity index (χ2v) is 6.96. The minimum atomic E-state index is 0.736. The normalized spacial score (nSPS) is 25.1. The summed E-state index contributed by atoms with van der Waals surface area (Å²) in [4.78, 5) is 2.59. The van der Waals surface area contributed by atoms with Crippen molar-refractivity contribution in [2.45, 2.75) is 58.0 Å². The van der Waals surface area contributed by atoms with Crippen molar-refractivity contribution in [1.82, 2.24) is 5.32 Å². The lowest BCUT2D eigenvalue weighted by Gasteiger charge is -2.40. The highest BCUT2D eigenvalue weighted by atomic mass is 35.5. The van der Waals surface area contributed by atoms with Gasteiger partial charge in [-0.3, -0.25) is 0 Å². The topological polar surface area (TPSA) is 15.3 Å². The third kappa shape index (κ3) is 3.37. The molecule has 0 radical (unpaired) electrons. The Morgan fingerprint density at radius 2 is 2.10 bits per heavy atom. The molecule has 2 nitrogen and oxygen atoms in total. The molecule has 1 saturated carbocycles. The van der Waals surface area contributed by atoms with Gasteiger partial charge in [-0.25, -0.2) is 0 Å². The third-order valence-electron chi connectivity index (χ3n) is 5.07. The van der Waals surface area contributed by atoms with Gasteiger partial charge >= 0.3 is 0 Å². The summed E-state index contributed by atoms with van der Waals surface area (Å²) >= 11 is 6.60. The van der Waals surface area contributed by atoms with Gasteiger partial charge in [0, 0.05) is 19.1 Å². The number of rotatable bonds is 5. The average molecular weight is 307 g/mol. The van der Waals surface area contributed by atoms with Gasteiger partial charge in [-0.15, -0.1) is 0 Å². The van der Waals surface area contributed by atoms with Crippen molar-refractivity contribution in [3.63, 3.8) is 0 Å². The minimum absolute atomic E-state index is 0.736. The number of halogens is 1. The maximum Gasteiger partial charge on any atom is 0.0642 e. The molecule has 3 heteroatoms. The lowest BCUT2D eigenvalue weighted by Crippen LogP contribution is -2.42. The molecule has 116 valence electrons. The van der Waals surface area contributed by atoms with Crippen LogP contribution < -0.4 is 10.2 Å². The molecule has 1 N–H and O–H groups in total. The summed E-state index contributed by atoms with van der Waals surface area (Å²) in [5, 5.41) is 4.37. The van der Waals surface area contributed by atoms with E-state index in [4.69, 9.17) is 11.6 Å². The Labute approximate surface area is 133 Å². The van der Waals surface area contributed by atoms with Crippen LogP contribution in [0.3, 0.4) is 0 Å². The number of anilines is 1. The lowest BCUT2D eigenvalue weighted by molar-refractivity contribution is 0.362. The van der Waals surface area contributed by atoms with E-state index in [9.17, 15) is 0 Å². The molecule has 1 aromatic rings. The molecule has 0 spiro atoms. The highest BCUT2D eigenvalue weighted by Gasteiger charge is 2.35. The first kappa shape index (κ1) is 15.2. The van der Waals surface area contributed by atoms with E-state index in [1.165, 1.54) is 56.3 Å². The Bertz CT molecular complexity index is 474. The second kappa shape index (κ2) is 7.02. The maximum absolute atomic E-state index is 6.60. The summed E-state index contributed by atoms with van der Waals surface area (Å²) in [5.41, 5.74) is 2.55. The molecule has 1 aliphatic heterocycles. The van der Waals surface area contributed by atoms with Crippen molar-refractivity contribution in [2.75, 3.05) is 18.0 Å². The van der Waals surface area contributed by atoms with Crippen molar-refractivity contribution in [2.24, 2.45) is 5.92 Å². The third-order valence-corrected chi connectivity index (χ3v) is 5.37. The van der Waals surface area contributed by atoms with Crippen LogP contribution in [-0.2, 0) is 6.54 Å². The van der Waals surface area contributed by atoms with E-state index in [1.54, 1.807) is 0 Å². The molecule has 1 heterocycles. The first-order valence-corrected chi connectivity index (χ1v) is 8.93. The van der Waals surface area contributed by atoms with Crippen LogP contribution in [0.1, 0.15) is 51.0 Å². The summed E-state index contributed by atoms with van der Waals surface area (Å²) in [6, 6.07) is 7.37. The van der Waals surface area contributed by atoms with Crippen LogP contribution in [0.25, 0.3) is 0 Å². The highest BCUT2D eigenvalue weighted by Crippen LogP contribution is 2.41. The molecule has 1 aromatic carbocycles. The highest BCUT2D eigenvalue weighted by molar-refractivity contribution is 6.33. The van der Waals surface area contributed by atoms with Crippen LogP contribution in [0, 0.1) is 5.92 Å². The maximum atomic E-state index is 6.60. The summed E-state index contributed by atoms with van der Waals surface area (Å²) in [6.07, 6.45) is 8.05. The van der Waals surface area contributed by atoms with Crippen molar-refractivity contribution in [3.05, 3.63) is 28.8 Å². The van der Waals surface area contributed by atoms with E-state index in [-0.39, 0.29) is 0 Å². The fourth-order valence-corrected chi connectivity index (χ4v) is 4.37. The molecule has 21 heavy (non-hydrogen) atoms. The van der Waals surface area contributed by atoms with Crippen molar-refractivity contribution < 1.29 is 0 Å². The summed E-state index contributed by atoms with van der Waals surface area (Å²) < 4.78 is 0. The molecule has 0 amide bonds. The van der Waals surface area contributed by atoms with E-state index in [0.717, 1.165) is 30.1 Å². The van der Waals surface area contributed by atoms with E-state index in [1.807, 2.05) is 0 Å². The number of fused-ring (bicyclic) bond motifs is 1. The first-order valence-electron chi connectivity index (χ1n) is 8.55. The van der Waals surface area contributed by atoms with Gasteiger partial charge in [0.05, 0.1) is 10.7 Å². The van der Waals surface area contributed by atoms with Gasteiger partial charge in [0.15, 0.2) is 0 Å². The van der Waals surface area contributed by atoms with Gasteiger partial charge < -0.3 is 10.2 Å². The fourth-order valence-electron chi connectivity index (χ4n) is 4.06. The number of hydrogen-bond acceptors (Lipinski definition) is 2. The molecule has 2 atom stereocenters. The van der Waals surface area contributed by atoms with Crippen LogP contribution in [0.15, 0.2) is 18.2 Å². The minimum Gasteiger partial charge on any atom is -0.367 e. The van der Waals surface area contributed by atoms with E-state index < -0.39 is 0 Å². The Morgan fingerprint density at radius 1 is 1.24 bits per heavy atom. The van der Waals surface area contributed by atoms with Crippen LogP contribution in [-0.4, -0.2) is 19.1 Å². The number of nitrogens with one attached hydrogen (secondary N) is 1. The molecular formula is C18H27ClN2. The van der Waals surface area contributed by atoms with Crippen LogP contribution in [0.5, 0.6) is 0 Å². The van der Waals surface area contributed by atoms with E-state index >= 15 is 0 Å². The summed E-state index contributed by atoms with van der Waals surface area (Å²) in [7, 11) is 0. The summed E-state index contributed by atoms with van der Waals surface area (Å²) in [6.45, 7) is 5.35. The van der Waals surface area contributed by atoms with Gasteiger partial charge in [-0.1, -0.05) is 31.0 Å². The predicted octanol–water partition coefficient (Wildman–Crippen LogP) is 4.61. The predicted molar refractivity (Wildman–Crippen MR) is 91.2 cm³/mol. The van der Waals surface area contributed by atoms with E-state index in [2.05, 4.69) is 35.3 Å². The summed E-state index contributed by atoms with van der Waals surface area (Å²) in [5.74, 6) is 0.903.